The fraction of sp³-hybridized carbons (Fsp3) is 0.571. The molecule has 0 aliphatic heterocycles. The first kappa shape index (κ1) is 12.2. The van der Waals surface area contributed by atoms with Crippen LogP contribution in [0.3, 0.4) is 0 Å². The third kappa shape index (κ3) is 1.89. The highest BCUT2D eigenvalue weighted by Gasteiger charge is 2.57. The second-order valence-corrected chi connectivity index (χ2v) is 5.14. The van der Waals surface area contributed by atoms with Crippen LogP contribution in [0.25, 0.3) is 0 Å². The highest BCUT2D eigenvalue weighted by molar-refractivity contribution is 5.52. The van der Waals surface area contributed by atoms with Gasteiger partial charge in [-0.1, -0.05) is 26.0 Å². The van der Waals surface area contributed by atoms with Crippen LogP contribution in [0.2, 0.25) is 0 Å². The molecule has 1 aliphatic rings. The van der Waals surface area contributed by atoms with Crippen LogP contribution in [0, 0.1) is 5.41 Å². The summed E-state index contributed by atoms with van der Waals surface area (Å²) in [5.41, 5.74) is 7.44. The number of rotatable bonds is 4. The number of hydrogen-bond acceptors (Lipinski definition) is 3. The van der Waals surface area contributed by atoms with Crippen molar-refractivity contribution in [3.05, 3.63) is 23.8 Å². The fourth-order valence-electron chi connectivity index (χ4n) is 2.54. The molecule has 0 saturated heterocycles. The van der Waals surface area contributed by atoms with Gasteiger partial charge < -0.3 is 15.2 Å². The van der Waals surface area contributed by atoms with E-state index in [9.17, 15) is 0 Å². The largest absolute Gasteiger partial charge is 0.493 e. The monoisotopic (exact) mass is 235 g/mol. The van der Waals surface area contributed by atoms with Gasteiger partial charge >= 0.3 is 0 Å². The van der Waals surface area contributed by atoms with Crippen molar-refractivity contribution in [3.8, 4) is 11.5 Å². The quantitative estimate of drug-likeness (QED) is 0.872. The molecule has 3 nitrogen and oxygen atoms in total. The molecule has 2 N–H and O–H groups in total. The minimum absolute atomic E-state index is 0.151. The Morgan fingerprint density at radius 1 is 1.35 bits per heavy atom. The molecule has 94 valence electrons. The van der Waals surface area contributed by atoms with Crippen LogP contribution in [0.15, 0.2) is 18.2 Å². The molecule has 1 aromatic carbocycles. The van der Waals surface area contributed by atoms with Gasteiger partial charge in [0.15, 0.2) is 11.5 Å². The van der Waals surface area contributed by atoms with Gasteiger partial charge in [-0.05, 0) is 18.4 Å². The van der Waals surface area contributed by atoms with E-state index >= 15 is 0 Å². The van der Waals surface area contributed by atoms with E-state index in [1.54, 1.807) is 7.11 Å². The maximum atomic E-state index is 6.13. The maximum absolute atomic E-state index is 6.13. The molecule has 0 spiro atoms. The van der Waals surface area contributed by atoms with E-state index < -0.39 is 0 Å². The van der Waals surface area contributed by atoms with Crippen molar-refractivity contribution >= 4 is 0 Å². The van der Waals surface area contributed by atoms with Crippen molar-refractivity contribution in [2.75, 3.05) is 13.7 Å². The van der Waals surface area contributed by atoms with Gasteiger partial charge in [-0.15, -0.1) is 0 Å². The zero-order valence-electron chi connectivity index (χ0n) is 11.0. The van der Waals surface area contributed by atoms with E-state index in [0.717, 1.165) is 17.1 Å². The maximum Gasteiger partial charge on any atom is 0.164 e. The summed E-state index contributed by atoms with van der Waals surface area (Å²) in [6.45, 7) is 6.99. The molecule has 1 aliphatic carbocycles. The lowest BCUT2D eigenvalue weighted by Gasteiger charge is -2.14. The summed E-state index contributed by atoms with van der Waals surface area (Å²) in [6, 6.07) is 6.23. The minimum Gasteiger partial charge on any atom is -0.493 e. The molecule has 2 rings (SSSR count). The zero-order valence-corrected chi connectivity index (χ0v) is 11.0. The van der Waals surface area contributed by atoms with Crippen LogP contribution in [0.4, 0.5) is 0 Å². The van der Waals surface area contributed by atoms with Gasteiger partial charge in [-0.3, -0.25) is 0 Å². The van der Waals surface area contributed by atoms with E-state index in [0.29, 0.717) is 12.5 Å². The lowest BCUT2D eigenvalue weighted by molar-refractivity contribution is 0.308. The van der Waals surface area contributed by atoms with Crippen molar-refractivity contribution < 1.29 is 9.47 Å². The summed E-state index contributed by atoms with van der Waals surface area (Å²) >= 11 is 0. The molecule has 0 unspecified atom stereocenters. The van der Waals surface area contributed by atoms with E-state index in [-0.39, 0.29) is 11.5 Å². The lowest BCUT2D eigenvalue weighted by Crippen LogP contribution is -2.06. The summed E-state index contributed by atoms with van der Waals surface area (Å²) in [7, 11) is 1.68. The Labute approximate surface area is 103 Å². The Kier molecular flexibility index (Phi) is 3.04. The first-order valence-corrected chi connectivity index (χ1v) is 6.09. The number of methoxy groups -OCH3 is 1. The van der Waals surface area contributed by atoms with Gasteiger partial charge in [0.25, 0.3) is 0 Å². The highest BCUT2D eigenvalue weighted by atomic mass is 16.5. The summed E-state index contributed by atoms with van der Waals surface area (Å²) < 4.78 is 11.1. The average molecular weight is 235 g/mol. The molecule has 0 bridgehead atoms. The Balaban J connectivity index is 2.38. The fourth-order valence-corrected chi connectivity index (χ4v) is 2.54. The predicted octanol–water partition coefficient (Wildman–Crippen LogP) is 2.54. The Bertz CT molecular complexity index is 415. The smallest absolute Gasteiger partial charge is 0.164 e. The number of para-hydroxylation sites is 1. The van der Waals surface area contributed by atoms with Gasteiger partial charge in [-0.25, -0.2) is 0 Å². The Hall–Kier alpha value is -1.22. The van der Waals surface area contributed by atoms with Gasteiger partial charge in [0.2, 0.25) is 0 Å². The summed E-state index contributed by atoms with van der Waals surface area (Å²) in [5.74, 6) is 2.00. The molecule has 1 fully saturated rings. The van der Waals surface area contributed by atoms with E-state index in [2.05, 4.69) is 19.9 Å². The molecule has 0 aromatic heterocycles. The van der Waals surface area contributed by atoms with Crippen LogP contribution >= 0.6 is 0 Å². The topological polar surface area (TPSA) is 44.5 Å². The minimum atomic E-state index is 0.151. The van der Waals surface area contributed by atoms with Gasteiger partial charge in [0.05, 0.1) is 13.7 Å². The molecule has 2 atom stereocenters. The molecular weight excluding hydrogens is 214 g/mol. The molecule has 17 heavy (non-hydrogen) atoms. The van der Waals surface area contributed by atoms with E-state index in [4.69, 9.17) is 15.2 Å². The Morgan fingerprint density at radius 2 is 2.00 bits per heavy atom. The lowest BCUT2D eigenvalue weighted by atomic mass is 10.0. The highest BCUT2D eigenvalue weighted by Crippen LogP contribution is 2.60. The molecule has 1 saturated carbocycles. The van der Waals surface area contributed by atoms with Crippen LogP contribution in [-0.4, -0.2) is 19.8 Å². The van der Waals surface area contributed by atoms with E-state index in [1.807, 2.05) is 19.1 Å². The van der Waals surface area contributed by atoms with Gasteiger partial charge in [0, 0.05) is 17.5 Å². The standard InChI is InChI=1S/C14H21NO2/c1-5-17-10-8-6-7-9(12(10)16-4)11-13(15)14(11,2)3/h6-8,11,13H,5,15H2,1-4H3/t11-,13-/m0/s1. The van der Waals surface area contributed by atoms with Crippen molar-refractivity contribution in [1.29, 1.82) is 0 Å². The predicted molar refractivity (Wildman–Crippen MR) is 68.7 cm³/mol. The molecule has 0 heterocycles. The number of ether oxygens (including phenoxy) is 2. The van der Waals surface area contributed by atoms with Crippen LogP contribution in [-0.2, 0) is 0 Å². The number of nitrogens with two attached hydrogens (primary N) is 1. The number of hydrogen-bond donors (Lipinski definition) is 1. The summed E-state index contributed by atoms with van der Waals surface area (Å²) in [6.07, 6.45) is 0. The normalized spacial score (nSPS) is 25.5. The average Bonchev–Trinajstić information content (AvgIpc) is 2.78. The number of benzene rings is 1. The van der Waals surface area contributed by atoms with Crippen LogP contribution < -0.4 is 15.2 Å². The first-order chi connectivity index (χ1) is 8.04. The van der Waals surface area contributed by atoms with Crippen molar-refractivity contribution in [3.63, 3.8) is 0 Å². The second-order valence-electron chi connectivity index (χ2n) is 5.14. The second kappa shape index (κ2) is 4.22. The third-order valence-electron chi connectivity index (χ3n) is 3.76. The van der Waals surface area contributed by atoms with Crippen LogP contribution in [0.5, 0.6) is 11.5 Å². The van der Waals surface area contributed by atoms with Crippen LogP contribution in [0.1, 0.15) is 32.3 Å². The molecule has 3 heteroatoms. The van der Waals surface area contributed by atoms with E-state index in [1.165, 1.54) is 0 Å². The molecule has 1 aromatic rings. The third-order valence-corrected chi connectivity index (χ3v) is 3.76. The summed E-state index contributed by atoms with van der Waals surface area (Å²) in [4.78, 5) is 0. The van der Waals surface area contributed by atoms with Crippen molar-refractivity contribution in [2.45, 2.75) is 32.7 Å². The SMILES string of the molecule is CCOc1cccc([C@H]2[C@H](N)C2(C)C)c1OC. The van der Waals surface area contributed by atoms with Gasteiger partial charge in [0.1, 0.15) is 0 Å². The van der Waals surface area contributed by atoms with Gasteiger partial charge in [-0.2, -0.15) is 0 Å². The Morgan fingerprint density at radius 3 is 2.47 bits per heavy atom. The summed E-state index contributed by atoms with van der Waals surface area (Å²) in [5, 5.41) is 0. The first-order valence-electron chi connectivity index (χ1n) is 6.09. The zero-order chi connectivity index (χ0) is 12.6. The molecule has 0 amide bonds. The molecular formula is C14H21NO2. The molecule has 0 radical (unpaired) electrons. The van der Waals surface area contributed by atoms with Crippen molar-refractivity contribution in [2.24, 2.45) is 11.1 Å². The van der Waals surface area contributed by atoms with Crippen molar-refractivity contribution in [1.82, 2.24) is 0 Å².